The van der Waals surface area contributed by atoms with Crippen LogP contribution >= 0.6 is 0 Å². The van der Waals surface area contributed by atoms with Crippen molar-refractivity contribution in [2.45, 2.75) is 0 Å². The highest BCUT2D eigenvalue weighted by molar-refractivity contribution is 6.50. The van der Waals surface area contributed by atoms with Crippen LogP contribution in [0.1, 0.15) is 11.1 Å². The van der Waals surface area contributed by atoms with E-state index in [1.807, 2.05) is 60.3 Å². The zero-order valence-corrected chi connectivity index (χ0v) is 19.5. The van der Waals surface area contributed by atoms with Crippen LogP contribution in [0.3, 0.4) is 0 Å². The number of carbonyl (C=O) groups excluding carboxylic acids is 2. The average Bonchev–Trinajstić information content (AvgIpc) is 3.55. The molecule has 2 aromatic heterocycles. The van der Waals surface area contributed by atoms with Gasteiger partial charge in [0.15, 0.2) is 0 Å². The smallest absolute Gasteiger partial charge is 0.259 e. The molecule has 0 unspecified atom stereocenters. The van der Waals surface area contributed by atoms with E-state index in [9.17, 15) is 9.59 Å². The monoisotopic (exact) mass is 470 g/mol. The van der Waals surface area contributed by atoms with Gasteiger partial charge in [0, 0.05) is 73.4 Å². The van der Waals surface area contributed by atoms with E-state index in [-0.39, 0.29) is 0 Å². The summed E-state index contributed by atoms with van der Waals surface area (Å²) in [6.45, 7) is 5.50. The van der Waals surface area contributed by atoms with E-state index >= 15 is 0 Å². The number of imide groups is 1. The van der Waals surface area contributed by atoms with Gasteiger partial charge in [0.25, 0.3) is 11.8 Å². The summed E-state index contributed by atoms with van der Waals surface area (Å²) in [6, 6.07) is 13.3. The fourth-order valence-electron chi connectivity index (χ4n) is 5.05. The Hall–Kier alpha value is -3.88. The number of amides is 2. The third-order valence-corrected chi connectivity index (χ3v) is 6.80. The number of nitrogens with one attached hydrogen (secondary N) is 2. The molecule has 1 saturated heterocycles. The number of piperazine rings is 1. The number of fused-ring (bicyclic) bond motifs is 2. The van der Waals surface area contributed by atoms with Crippen molar-refractivity contribution in [1.29, 1.82) is 0 Å². The van der Waals surface area contributed by atoms with Crippen LogP contribution in [-0.2, 0) is 16.6 Å². The van der Waals surface area contributed by atoms with Gasteiger partial charge in [-0.25, -0.2) is 0 Å². The summed E-state index contributed by atoms with van der Waals surface area (Å²) in [6.07, 6.45) is 3.48. The van der Waals surface area contributed by atoms with Crippen LogP contribution in [-0.4, -0.2) is 60.6 Å². The van der Waals surface area contributed by atoms with Crippen molar-refractivity contribution in [3.05, 3.63) is 66.1 Å². The molecule has 4 heterocycles. The van der Waals surface area contributed by atoms with Crippen LogP contribution in [0.25, 0.3) is 33.0 Å². The second-order valence-corrected chi connectivity index (χ2v) is 8.95. The molecule has 8 nitrogen and oxygen atoms in total. The van der Waals surface area contributed by atoms with Crippen molar-refractivity contribution in [3.8, 4) is 5.75 Å². The van der Waals surface area contributed by atoms with Crippen LogP contribution in [0.15, 0.2) is 59.3 Å². The molecule has 6 rings (SSSR count). The van der Waals surface area contributed by atoms with Gasteiger partial charge in [-0.15, -0.1) is 0 Å². The number of ether oxygens (including phenoxy) is 1. The second-order valence-electron chi connectivity index (χ2n) is 8.95. The summed E-state index contributed by atoms with van der Waals surface area (Å²) in [7, 11) is 1.93. The predicted molar refractivity (Wildman–Crippen MR) is 134 cm³/mol. The second kappa shape index (κ2) is 8.72. The number of hydrogen-bond donors (Lipinski definition) is 2. The maximum atomic E-state index is 13.1. The van der Waals surface area contributed by atoms with E-state index in [0.29, 0.717) is 34.5 Å². The lowest BCUT2D eigenvalue weighted by Crippen LogP contribution is -2.44. The summed E-state index contributed by atoms with van der Waals surface area (Å²) >= 11 is 0. The Morgan fingerprint density at radius 3 is 2.63 bits per heavy atom. The van der Waals surface area contributed by atoms with Crippen molar-refractivity contribution in [2.24, 2.45) is 7.05 Å². The van der Waals surface area contributed by atoms with Crippen LogP contribution in [0.2, 0.25) is 0 Å². The topological polar surface area (TPSA) is 88.7 Å². The lowest BCUT2D eigenvalue weighted by Gasteiger charge is -2.26. The molecule has 2 aliphatic rings. The van der Waals surface area contributed by atoms with E-state index in [0.717, 1.165) is 54.8 Å². The zero-order chi connectivity index (χ0) is 23.9. The van der Waals surface area contributed by atoms with E-state index in [1.165, 1.54) is 0 Å². The first-order valence-corrected chi connectivity index (χ1v) is 11.8. The number of aryl methyl sites for hydroxylation is 1. The Morgan fingerprint density at radius 2 is 1.80 bits per heavy atom. The number of rotatable bonds is 6. The average molecular weight is 471 g/mol. The molecule has 0 radical (unpaired) electrons. The van der Waals surface area contributed by atoms with Gasteiger partial charge >= 0.3 is 0 Å². The Labute approximate surface area is 202 Å². The van der Waals surface area contributed by atoms with Gasteiger partial charge in [-0.3, -0.25) is 19.8 Å². The Balaban J connectivity index is 1.40. The first-order chi connectivity index (χ1) is 17.1. The third kappa shape index (κ3) is 3.80. The van der Waals surface area contributed by atoms with Crippen molar-refractivity contribution >= 4 is 44.8 Å². The summed E-state index contributed by atoms with van der Waals surface area (Å²) < 4.78 is 13.7. The highest BCUT2D eigenvalue weighted by Crippen LogP contribution is 2.39. The number of hydrogen-bond acceptors (Lipinski definition) is 6. The normalized spacial score (nSPS) is 17.1. The van der Waals surface area contributed by atoms with E-state index < -0.39 is 11.8 Å². The third-order valence-electron chi connectivity index (χ3n) is 6.80. The van der Waals surface area contributed by atoms with E-state index in [1.54, 1.807) is 6.26 Å². The lowest BCUT2D eigenvalue weighted by atomic mass is 9.95. The van der Waals surface area contributed by atoms with Gasteiger partial charge in [-0.2, -0.15) is 0 Å². The Bertz CT molecular complexity index is 1490. The van der Waals surface area contributed by atoms with Crippen LogP contribution in [0.4, 0.5) is 0 Å². The summed E-state index contributed by atoms with van der Waals surface area (Å²) in [4.78, 5) is 28.4. The molecule has 0 spiro atoms. The van der Waals surface area contributed by atoms with Gasteiger partial charge in [0.1, 0.15) is 17.9 Å². The van der Waals surface area contributed by atoms with Crippen LogP contribution < -0.4 is 15.4 Å². The van der Waals surface area contributed by atoms with Crippen molar-refractivity contribution in [1.82, 2.24) is 20.1 Å². The molecule has 0 bridgehead atoms. The lowest BCUT2D eigenvalue weighted by molar-refractivity contribution is -0.122. The highest BCUT2D eigenvalue weighted by Gasteiger charge is 2.35. The minimum Gasteiger partial charge on any atom is -0.492 e. The molecule has 35 heavy (non-hydrogen) atoms. The van der Waals surface area contributed by atoms with Crippen LogP contribution in [0, 0.1) is 0 Å². The number of nitrogens with zero attached hydrogens (tertiary/aromatic N) is 2. The van der Waals surface area contributed by atoms with Crippen LogP contribution in [0.5, 0.6) is 5.75 Å². The molecular weight excluding hydrogens is 444 g/mol. The number of para-hydroxylation sites is 1. The minimum atomic E-state index is -0.422. The maximum absolute atomic E-state index is 13.1. The van der Waals surface area contributed by atoms with Crippen molar-refractivity contribution in [3.63, 3.8) is 0 Å². The molecule has 178 valence electrons. The number of benzene rings is 2. The molecular formula is C27H26N4O4. The molecule has 2 N–H and O–H groups in total. The number of aromatic nitrogens is 1. The summed E-state index contributed by atoms with van der Waals surface area (Å²) in [5.74, 6) is -0.0967. The van der Waals surface area contributed by atoms with E-state index in [2.05, 4.69) is 15.5 Å². The molecule has 2 aliphatic heterocycles. The zero-order valence-electron chi connectivity index (χ0n) is 19.5. The molecule has 2 amide bonds. The Kier molecular flexibility index (Phi) is 5.39. The SMILES string of the molecule is Cn1cc(C2=C(c3cccc4ccoc34)C(=O)NC2=O)c2cc(OCCN3CCNCC3)ccc21. The van der Waals surface area contributed by atoms with Gasteiger partial charge < -0.3 is 19.0 Å². The molecule has 0 aliphatic carbocycles. The fraction of sp³-hybridized carbons (Fsp3) is 0.259. The summed E-state index contributed by atoms with van der Waals surface area (Å²) in [5.41, 5.74) is 3.51. The van der Waals surface area contributed by atoms with Gasteiger partial charge in [-0.1, -0.05) is 18.2 Å². The first-order valence-electron chi connectivity index (χ1n) is 11.8. The standard InChI is InChI=1S/C27H26N4O4/c1-30-16-21(20-15-18(5-6-22(20)30)34-14-12-31-10-8-28-9-11-31)24-23(26(32)29-27(24)33)19-4-2-3-17-7-13-35-25(17)19/h2-7,13,15-16,28H,8-12,14H2,1H3,(H,29,32,33). The van der Waals surface area contributed by atoms with Gasteiger partial charge in [0.05, 0.1) is 17.4 Å². The molecule has 0 saturated carbocycles. The van der Waals surface area contributed by atoms with Gasteiger partial charge in [0.2, 0.25) is 0 Å². The van der Waals surface area contributed by atoms with E-state index in [4.69, 9.17) is 9.15 Å². The minimum absolute atomic E-state index is 0.327. The fourth-order valence-corrected chi connectivity index (χ4v) is 5.05. The molecule has 2 aromatic carbocycles. The number of carbonyl (C=O) groups is 2. The molecule has 0 atom stereocenters. The Morgan fingerprint density at radius 1 is 1.00 bits per heavy atom. The van der Waals surface area contributed by atoms with Gasteiger partial charge in [-0.05, 0) is 24.3 Å². The highest BCUT2D eigenvalue weighted by atomic mass is 16.5. The summed E-state index contributed by atoms with van der Waals surface area (Å²) in [5, 5.41) is 7.57. The first kappa shape index (κ1) is 21.6. The maximum Gasteiger partial charge on any atom is 0.259 e. The quantitative estimate of drug-likeness (QED) is 0.422. The molecule has 4 aromatic rings. The molecule has 1 fully saturated rings. The number of furan rings is 1. The van der Waals surface area contributed by atoms with Crippen molar-refractivity contribution in [2.75, 3.05) is 39.3 Å². The molecule has 8 heteroatoms. The predicted octanol–water partition coefficient (Wildman–Crippen LogP) is 2.78. The van der Waals surface area contributed by atoms with Crippen molar-refractivity contribution < 1.29 is 18.7 Å². The largest absolute Gasteiger partial charge is 0.492 e.